The van der Waals surface area contributed by atoms with Crippen LogP contribution in [0.1, 0.15) is 10.4 Å². The van der Waals surface area contributed by atoms with Gasteiger partial charge in [-0.25, -0.2) is 4.39 Å². The maximum absolute atomic E-state index is 13.3. The Labute approximate surface area is 119 Å². The first kappa shape index (κ1) is 13.1. The van der Waals surface area contributed by atoms with Gasteiger partial charge in [0.1, 0.15) is 0 Å². The third-order valence-electron chi connectivity index (χ3n) is 3.11. The lowest BCUT2D eigenvalue weighted by Crippen LogP contribution is -2.11. The SMILES string of the molecule is COc1cc(NC(=O)c2ccc3cn[nH]c3c2)ccc1F. The summed E-state index contributed by atoms with van der Waals surface area (Å²) in [6.45, 7) is 0. The van der Waals surface area contributed by atoms with E-state index in [4.69, 9.17) is 4.74 Å². The molecule has 1 heterocycles. The number of aromatic amines is 1. The summed E-state index contributed by atoms with van der Waals surface area (Å²) in [6, 6.07) is 9.37. The maximum atomic E-state index is 13.3. The van der Waals surface area contributed by atoms with Crippen LogP contribution in [0.4, 0.5) is 10.1 Å². The smallest absolute Gasteiger partial charge is 0.255 e. The fourth-order valence-corrected chi connectivity index (χ4v) is 2.02. The van der Waals surface area contributed by atoms with Gasteiger partial charge in [-0.3, -0.25) is 9.89 Å². The Hall–Kier alpha value is -2.89. The number of halogens is 1. The van der Waals surface area contributed by atoms with Crippen molar-refractivity contribution in [2.75, 3.05) is 12.4 Å². The summed E-state index contributed by atoms with van der Waals surface area (Å²) in [5, 5.41) is 10.3. The van der Waals surface area contributed by atoms with Gasteiger partial charge in [-0.2, -0.15) is 5.10 Å². The van der Waals surface area contributed by atoms with Crippen molar-refractivity contribution < 1.29 is 13.9 Å². The highest BCUT2D eigenvalue weighted by atomic mass is 19.1. The molecule has 0 bridgehead atoms. The molecule has 1 amide bonds. The first-order valence-electron chi connectivity index (χ1n) is 6.25. The predicted octanol–water partition coefficient (Wildman–Crippen LogP) is 2.96. The number of hydrogen-bond acceptors (Lipinski definition) is 3. The fourth-order valence-electron chi connectivity index (χ4n) is 2.02. The van der Waals surface area contributed by atoms with Crippen LogP contribution < -0.4 is 10.1 Å². The second kappa shape index (κ2) is 5.24. The van der Waals surface area contributed by atoms with E-state index in [0.29, 0.717) is 11.3 Å². The Morgan fingerprint density at radius 1 is 1.29 bits per heavy atom. The molecule has 0 radical (unpaired) electrons. The Balaban J connectivity index is 1.85. The molecule has 0 atom stereocenters. The number of benzene rings is 2. The van der Waals surface area contributed by atoms with Gasteiger partial charge in [0.2, 0.25) is 0 Å². The number of H-pyrrole nitrogens is 1. The molecule has 0 saturated carbocycles. The van der Waals surface area contributed by atoms with E-state index in [9.17, 15) is 9.18 Å². The minimum absolute atomic E-state index is 0.0804. The molecule has 5 nitrogen and oxygen atoms in total. The number of nitrogens with one attached hydrogen (secondary N) is 2. The van der Waals surface area contributed by atoms with Crippen LogP contribution in [0, 0.1) is 5.82 Å². The van der Waals surface area contributed by atoms with E-state index in [0.717, 1.165) is 10.9 Å². The molecule has 21 heavy (non-hydrogen) atoms. The molecule has 1 aromatic heterocycles. The van der Waals surface area contributed by atoms with Crippen LogP contribution in [-0.4, -0.2) is 23.2 Å². The third-order valence-corrected chi connectivity index (χ3v) is 3.11. The zero-order chi connectivity index (χ0) is 14.8. The standard InChI is InChI=1S/C15H12FN3O2/c1-21-14-7-11(4-5-12(14)16)18-15(20)9-2-3-10-8-17-19-13(10)6-9/h2-8H,1H3,(H,17,19)(H,18,20). The highest BCUT2D eigenvalue weighted by Gasteiger charge is 2.10. The topological polar surface area (TPSA) is 67.0 Å². The van der Waals surface area contributed by atoms with E-state index in [1.54, 1.807) is 24.4 Å². The van der Waals surface area contributed by atoms with Crippen LogP contribution in [-0.2, 0) is 0 Å². The molecule has 2 aromatic carbocycles. The van der Waals surface area contributed by atoms with Gasteiger partial charge in [0.05, 0.1) is 18.8 Å². The van der Waals surface area contributed by atoms with Crippen molar-refractivity contribution in [3.8, 4) is 5.75 Å². The first-order chi connectivity index (χ1) is 10.2. The lowest BCUT2D eigenvalue weighted by molar-refractivity contribution is 0.102. The van der Waals surface area contributed by atoms with Gasteiger partial charge in [-0.1, -0.05) is 6.07 Å². The molecule has 0 unspecified atom stereocenters. The van der Waals surface area contributed by atoms with Crippen LogP contribution in [0.25, 0.3) is 10.9 Å². The molecular weight excluding hydrogens is 273 g/mol. The van der Waals surface area contributed by atoms with Crippen LogP contribution in [0.3, 0.4) is 0 Å². The van der Waals surface area contributed by atoms with Crippen molar-refractivity contribution in [2.45, 2.75) is 0 Å². The average molecular weight is 285 g/mol. The number of aromatic nitrogens is 2. The van der Waals surface area contributed by atoms with Crippen LogP contribution >= 0.6 is 0 Å². The number of amides is 1. The van der Waals surface area contributed by atoms with E-state index in [1.165, 1.54) is 25.3 Å². The largest absolute Gasteiger partial charge is 0.494 e. The summed E-state index contributed by atoms with van der Waals surface area (Å²) in [5.41, 5.74) is 1.72. The molecule has 3 aromatic rings. The van der Waals surface area contributed by atoms with Gasteiger partial charge < -0.3 is 10.1 Å². The van der Waals surface area contributed by atoms with Crippen molar-refractivity contribution in [1.82, 2.24) is 10.2 Å². The van der Waals surface area contributed by atoms with Gasteiger partial charge >= 0.3 is 0 Å². The molecule has 0 aliphatic carbocycles. The fraction of sp³-hybridized carbons (Fsp3) is 0.0667. The van der Waals surface area contributed by atoms with Crippen LogP contribution in [0.15, 0.2) is 42.6 Å². The van der Waals surface area contributed by atoms with Crippen molar-refractivity contribution in [3.63, 3.8) is 0 Å². The van der Waals surface area contributed by atoms with Crippen molar-refractivity contribution in [1.29, 1.82) is 0 Å². The zero-order valence-electron chi connectivity index (χ0n) is 11.2. The number of ether oxygens (including phenoxy) is 1. The normalized spacial score (nSPS) is 10.6. The number of rotatable bonds is 3. The summed E-state index contributed by atoms with van der Waals surface area (Å²) in [6.07, 6.45) is 1.68. The van der Waals surface area contributed by atoms with Gasteiger partial charge in [0.15, 0.2) is 11.6 Å². The van der Waals surface area contributed by atoms with Crippen molar-refractivity contribution in [3.05, 3.63) is 54.0 Å². The van der Waals surface area contributed by atoms with E-state index < -0.39 is 5.82 Å². The molecule has 0 saturated heterocycles. The number of carbonyl (C=O) groups excluding carboxylic acids is 1. The molecule has 0 spiro atoms. The Morgan fingerprint density at radius 3 is 2.95 bits per heavy atom. The van der Waals surface area contributed by atoms with Crippen LogP contribution in [0.5, 0.6) is 5.75 Å². The zero-order valence-corrected chi connectivity index (χ0v) is 11.2. The number of methoxy groups -OCH3 is 1. The summed E-state index contributed by atoms with van der Waals surface area (Å²) < 4.78 is 18.2. The van der Waals surface area contributed by atoms with Crippen molar-refractivity contribution >= 4 is 22.5 Å². The number of carbonyl (C=O) groups is 1. The van der Waals surface area contributed by atoms with Gasteiger partial charge in [0, 0.05) is 22.7 Å². The lowest BCUT2D eigenvalue weighted by Gasteiger charge is -2.08. The lowest BCUT2D eigenvalue weighted by atomic mass is 10.1. The predicted molar refractivity (Wildman–Crippen MR) is 77.0 cm³/mol. The van der Waals surface area contributed by atoms with Crippen molar-refractivity contribution in [2.24, 2.45) is 0 Å². The first-order valence-corrected chi connectivity index (χ1v) is 6.25. The summed E-state index contributed by atoms with van der Waals surface area (Å²) in [4.78, 5) is 12.2. The van der Waals surface area contributed by atoms with E-state index >= 15 is 0 Å². The highest BCUT2D eigenvalue weighted by Crippen LogP contribution is 2.22. The molecule has 0 aliphatic rings. The number of anilines is 1. The highest BCUT2D eigenvalue weighted by molar-refractivity contribution is 6.06. The molecule has 106 valence electrons. The minimum Gasteiger partial charge on any atom is -0.494 e. The summed E-state index contributed by atoms with van der Waals surface area (Å²) in [5.74, 6) is -0.689. The van der Waals surface area contributed by atoms with Gasteiger partial charge in [-0.05, 0) is 24.3 Å². The van der Waals surface area contributed by atoms with Crippen LogP contribution in [0.2, 0.25) is 0 Å². The molecule has 3 rings (SSSR count). The summed E-state index contributed by atoms with van der Waals surface area (Å²) in [7, 11) is 1.37. The van der Waals surface area contributed by atoms with E-state index in [2.05, 4.69) is 15.5 Å². The second-order valence-corrected chi connectivity index (χ2v) is 4.48. The quantitative estimate of drug-likeness (QED) is 0.777. The molecule has 0 aliphatic heterocycles. The van der Waals surface area contributed by atoms with E-state index in [1.807, 2.05) is 0 Å². The minimum atomic E-state index is -0.477. The number of hydrogen-bond donors (Lipinski definition) is 2. The Kier molecular flexibility index (Phi) is 3.27. The second-order valence-electron chi connectivity index (χ2n) is 4.48. The molecule has 6 heteroatoms. The molecular formula is C15H12FN3O2. The monoisotopic (exact) mass is 285 g/mol. The molecule has 2 N–H and O–H groups in total. The van der Waals surface area contributed by atoms with Gasteiger partial charge in [0.25, 0.3) is 5.91 Å². The van der Waals surface area contributed by atoms with Gasteiger partial charge in [-0.15, -0.1) is 0 Å². The summed E-state index contributed by atoms with van der Waals surface area (Å²) >= 11 is 0. The molecule has 0 fully saturated rings. The number of fused-ring (bicyclic) bond motifs is 1. The maximum Gasteiger partial charge on any atom is 0.255 e. The van der Waals surface area contributed by atoms with E-state index in [-0.39, 0.29) is 11.7 Å². The Bertz CT molecular complexity index is 814. The average Bonchev–Trinajstić information content (AvgIpc) is 2.96. The number of nitrogens with zero attached hydrogens (tertiary/aromatic N) is 1. The third kappa shape index (κ3) is 2.55. The Morgan fingerprint density at radius 2 is 2.14 bits per heavy atom.